The Morgan fingerprint density at radius 3 is 2.50 bits per heavy atom. The number of hydrogen-bond donors (Lipinski definition) is 2. The van der Waals surface area contributed by atoms with Gasteiger partial charge in [-0.15, -0.1) is 0 Å². The molecule has 1 unspecified atom stereocenters. The Balaban J connectivity index is 2.52. The molecule has 1 rings (SSSR count). The van der Waals surface area contributed by atoms with Crippen molar-refractivity contribution >= 4 is 5.91 Å². The highest BCUT2D eigenvalue weighted by atomic mass is 16.5. The van der Waals surface area contributed by atoms with Gasteiger partial charge in [0.1, 0.15) is 5.75 Å². The highest BCUT2D eigenvalue weighted by molar-refractivity contribution is 5.79. The Hall–Kier alpha value is -1.55. The molecule has 1 atom stereocenters. The molecule has 0 aliphatic carbocycles. The van der Waals surface area contributed by atoms with Crippen molar-refractivity contribution in [2.75, 3.05) is 13.2 Å². The lowest BCUT2D eigenvalue weighted by molar-refractivity contribution is -0.120. The van der Waals surface area contributed by atoms with Crippen molar-refractivity contribution in [3.05, 3.63) is 29.3 Å². The molecule has 0 radical (unpaired) electrons. The van der Waals surface area contributed by atoms with E-state index in [0.717, 1.165) is 23.4 Å². The number of amides is 1. The molecule has 0 aliphatic heterocycles. The second-order valence-electron chi connectivity index (χ2n) is 4.37. The molecule has 1 aromatic carbocycles. The third kappa shape index (κ3) is 4.04. The maximum Gasteiger partial charge on any atom is 0.234 e. The third-order valence-electron chi connectivity index (χ3n) is 2.86. The molecule has 0 saturated heterocycles. The topological polar surface area (TPSA) is 64.3 Å². The lowest BCUT2D eigenvalue weighted by atomic mass is 10.1. The molecule has 0 saturated carbocycles. The van der Waals surface area contributed by atoms with Crippen LogP contribution in [-0.4, -0.2) is 25.1 Å². The first-order valence-corrected chi connectivity index (χ1v) is 6.28. The average Bonchev–Trinajstić information content (AvgIpc) is 2.31. The molecule has 0 aliphatic rings. The van der Waals surface area contributed by atoms with Crippen molar-refractivity contribution < 1.29 is 9.53 Å². The fourth-order valence-electron chi connectivity index (χ4n) is 1.90. The van der Waals surface area contributed by atoms with E-state index in [1.165, 1.54) is 0 Å². The predicted molar refractivity (Wildman–Crippen MR) is 72.7 cm³/mol. The van der Waals surface area contributed by atoms with Gasteiger partial charge in [-0.1, -0.05) is 25.1 Å². The van der Waals surface area contributed by atoms with Crippen LogP contribution in [0.2, 0.25) is 0 Å². The number of para-hydroxylation sites is 1. The van der Waals surface area contributed by atoms with E-state index in [2.05, 4.69) is 5.32 Å². The molecule has 0 heterocycles. The van der Waals surface area contributed by atoms with Crippen LogP contribution in [0.4, 0.5) is 0 Å². The summed E-state index contributed by atoms with van der Waals surface area (Å²) in [5, 5.41) is 3.04. The van der Waals surface area contributed by atoms with Gasteiger partial charge in [0.25, 0.3) is 0 Å². The van der Waals surface area contributed by atoms with Crippen LogP contribution < -0.4 is 15.8 Å². The fourth-order valence-corrected chi connectivity index (χ4v) is 1.90. The third-order valence-corrected chi connectivity index (χ3v) is 2.86. The van der Waals surface area contributed by atoms with Crippen LogP contribution in [-0.2, 0) is 4.79 Å². The molecule has 4 nitrogen and oxygen atoms in total. The van der Waals surface area contributed by atoms with Crippen molar-refractivity contribution in [2.24, 2.45) is 5.73 Å². The fraction of sp³-hybridized carbons (Fsp3) is 0.500. The minimum Gasteiger partial charge on any atom is -0.493 e. The van der Waals surface area contributed by atoms with Gasteiger partial charge < -0.3 is 15.8 Å². The van der Waals surface area contributed by atoms with Crippen molar-refractivity contribution in [1.29, 1.82) is 0 Å². The summed E-state index contributed by atoms with van der Waals surface area (Å²) in [6.07, 6.45) is 0.580. The number of benzene rings is 1. The highest BCUT2D eigenvalue weighted by Gasteiger charge is 2.14. The molecule has 1 amide bonds. The van der Waals surface area contributed by atoms with Crippen molar-refractivity contribution in [3.8, 4) is 5.75 Å². The van der Waals surface area contributed by atoms with Gasteiger partial charge in [0.15, 0.2) is 0 Å². The number of primary amides is 1. The first-order valence-electron chi connectivity index (χ1n) is 6.28. The quantitative estimate of drug-likeness (QED) is 0.771. The Kier molecular flexibility index (Phi) is 5.65. The lowest BCUT2D eigenvalue weighted by Crippen LogP contribution is -2.42. The summed E-state index contributed by atoms with van der Waals surface area (Å²) in [6, 6.07) is 5.71. The smallest absolute Gasteiger partial charge is 0.234 e. The number of nitrogens with two attached hydrogens (primary N) is 1. The van der Waals surface area contributed by atoms with Gasteiger partial charge in [-0.2, -0.15) is 0 Å². The van der Waals surface area contributed by atoms with Crippen LogP contribution in [0.3, 0.4) is 0 Å². The van der Waals surface area contributed by atoms with E-state index in [9.17, 15) is 4.79 Å². The van der Waals surface area contributed by atoms with E-state index < -0.39 is 0 Å². The predicted octanol–water partition coefficient (Wildman–Crippen LogP) is 1.54. The van der Waals surface area contributed by atoms with Gasteiger partial charge in [0.2, 0.25) is 5.91 Å². The van der Waals surface area contributed by atoms with Crippen molar-refractivity contribution in [1.82, 2.24) is 5.32 Å². The van der Waals surface area contributed by atoms with E-state index in [0.29, 0.717) is 13.0 Å². The van der Waals surface area contributed by atoms with Gasteiger partial charge in [-0.3, -0.25) is 4.79 Å². The summed E-state index contributed by atoms with van der Waals surface area (Å²) in [4.78, 5) is 11.2. The van der Waals surface area contributed by atoms with E-state index in [1.807, 2.05) is 39.0 Å². The van der Waals surface area contributed by atoms with Crippen molar-refractivity contribution in [2.45, 2.75) is 33.2 Å². The summed E-state index contributed by atoms with van der Waals surface area (Å²) in [5.41, 5.74) is 7.52. The van der Waals surface area contributed by atoms with Gasteiger partial charge in [-0.05, 0) is 31.5 Å². The zero-order valence-corrected chi connectivity index (χ0v) is 11.3. The number of carbonyl (C=O) groups excluding carboxylic acids is 1. The number of nitrogens with one attached hydrogen (secondary N) is 1. The summed E-state index contributed by atoms with van der Waals surface area (Å²) in [5.74, 6) is 0.569. The normalized spacial score (nSPS) is 12.2. The molecule has 0 spiro atoms. The Morgan fingerprint density at radius 1 is 1.39 bits per heavy atom. The number of aryl methyl sites for hydroxylation is 2. The maximum absolute atomic E-state index is 11.2. The molecule has 18 heavy (non-hydrogen) atoms. The summed E-state index contributed by atoms with van der Waals surface area (Å²) in [6.45, 7) is 7.17. The van der Waals surface area contributed by atoms with Crippen LogP contribution in [0.25, 0.3) is 0 Å². The van der Waals surface area contributed by atoms with Gasteiger partial charge in [0, 0.05) is 6.42 Å². The lowest BCUT2D eigenvalue weighted by Gasteiger charge is -2.16. The molecular formula is C14H22N2O2. The summed E-state index contributed by atoms with van der Waals surface area (Å²) in [7, 11) is 0. The second kappa shape index (κ2) is 7.01. The van der Waals surface area contributed by atoms with Crippen LogP contribution in [0.15, 0.2) is 18.2 Å². The SMILES string of the molecule is CCNC(CCOc1c(C)cccc1C)C(N)=O. The molecule has 100 valence electrons. The van der Waals surface area contributed by atoms with Crippen LogP contribution in [0, 0.1) is 13.8 Å². The molecule has 0 bridgehead atoms. The first-order chi connectivity index (χ1) is 8.56. The van der Waals surface area contributed by atoms with Crippen LogP contribution in [0.1, 0.15) is 24.5 Å². The largest absolute Gasteiger partial charge is 0.493 e. The Labute approximate surface area is 109 Å². The zero-order chi connectivity index (χ0) is 13.5. The zero-order valence-electron chi connectivity index (χ0n) is 11.3. The van der Waals surface area contributed by atoms with Gasteiger partial charge in [-0.25, -0.2) is 0 Å². The van der Waals surface area contributed by atoms with E-state index in [-0.39, 0.29) is 11.9 Å². The number of hydrogen-bond acceptors (Lipinski definition) is 3. The minimum absolute atomic E-state index is 0.320. The van der Waals surface area contributed by atoms with Gasteiger partial charge >= 0.3 is 0 Å². The number of ether oxygens (including phenoxy) is 1. The Bertz CT molecular complexity index is 385. The van der Waals surface area contributed by atoms with E-state index in [1.54, 1.807) is 0 Å². The van der Waals surface area contributed by atoms with Crippen molar-refractivity contribution in [3.63, 3.8) is 0 Å². The minimum atomic E-state index is -0.332. The number of rotatable bonds is 7. The molecule has 1 aromatic rings. The first kappa shape index (κ1) is 14.5. The molecule has 0 fully saturated rings. The molecule has 4 heteroatoms. The summed E-state index contributed by atoms with van der Waals surface area (Å²) >= 11 is 0. The summed E-state index contributed by atoms with van der Waals surface area (Å²) < 4.78 is 5.75. The van der Waals surface area contributed by atoms with E-state index in [4.69, 9.17) is 10.5 Å². The standard InChI is InChI=1S/C14H22N2O2/c1-4-16-12(14(15)17)8-9-18-13-10(2)6-5-7-11(13)3/h5-7,12,16H,4,8-9H2,1-3H3,(H2,15,17). The molecule has 0 aromatic heterocycles. The maximum atomic E-state index is 11.2. The molecular weight excluding hydrogens is 228 g/mol. The number of likely N-dealkylation sites (N-methyl/N-ethyl adjacent to an activating group) is 1. The Morgan fingerprint density at radius 2 is 2.00 bits per heavy atom. The average molecular weight is 250 g/mol. The number of carbonyl (C=O) groups is 1. The monoisotopic (exact) mass is 250 g/mol. The van der Waals surface area contributed by atoms with Gasteiger partial charge in [0.05, 0.1) is 12.6 Å². The second-order valence-corrected chi connectivity index (χ2v) is 4.37. The van der Waals surface area contributed by atoms with E-state index >= 15 is 0 Å². The van der Waals surface area contributed by atoms with Crippen LogP contribution in [0.5, 0.6) is 5.75 Å². The highest BCUT2D eigenvalue weighted by Crippen LogP contribution is 2.22. The molecule has 3 N–H and O–H groups in total. The van der Waals surface area contributed by atoms with Crippen LogP contribution >= 0.6 is 0 Å².